The van der Waals surface area contributed by atoms with E-state index in [9.17, 15) is 0 Å². The maximum absolute atomic E-state index is 2.60. The Morgan fingerprint density at radius 3 is 2.38 bits per heavy atom. The van der Waals surface area contributed by atoms with Gasteiger partial charge in [-0.25, -0.2) is 0 Å². The van der Waals surface area contributed by atoms with Crippen LogP contribution in [0.25, 0.3) is 0 Å². The second kappa shape index (κ2) is 5.50. The fraction of sp³-hybridized carbons (Fsp3) is 0.571. The highest BCUT2D eigenvalue weighted by Crippen LogP contribution is 2.30. The molecule has 0 aromatic heterocycles. The smallest absolute Gasteiger partial charge is 0.0236 e. The molecule has 0 bridgehead atoms. The largest absolute Gasteiger partial charge is 0.296 e. The summed E-state index contributed by atoms with van der Waals surface area (Å²) in [5, 5.41) is 0. The van der Waals surface area contributed by atoms with Gasteiger partial charge in [-0.15, -0.1) is 0 Å². The van der Waals surface area contributed by atoms with E-state index in [1.807, 2.05) is 0 Å². The van der Waals surface area contributed by atoms with Crippen LogP contribution < -0.4 is 0 Å². The Hall–Kier alpha value is -0.0900. The minimum atomic E-state index is 0.653. The lowest BCUT2D eigenvalue weighted by Gasteiger charge is -2.26. The van der Waals surface area contributed by atoms with Crippen molar-refractivity contribution >= 4 is 22.6 Å². The Balaban J connectivity index is 1.95. The van der Waals surface area contributed by atoms with Gasteiger partial charge in [-0.1, -0.05) is 12.1 Å². The van der Waals surface area contributed by atoms with Crippen LogP contribution in [0, 0.1) is 9.49 Å². The molecule has 0 heterocycles. The van der Waals surface area contributed by atoms with E-state index in [1.54, 1.807) is 0 Å². The van der Waals surface area contributed by atoms with Gasteiger partial charge >= 0.3 is 0 Å². The normalized spacial score (nSPS) is 16.1. The van der Waals surface area contributed by atoms with E-state index in [0.717, 1.165) is 12.5 Å². The van der Waals surface area contributed by atoms with Gasteiger partial charge in [0.15, 0.2) is 0 Å². The van der Waals surface area contributed by atoms with E-state index in [1.165, 1.54) is 28.5 Å². The molecule has 88 valence electrons. The van der Waals surface area contributed by atoms with Crippen LogP contribution in [-0.2, 0) is 6.54 Å². The summed E-state index contributed by atoms with van der Waals surface area (Å²) >= 11 is 2.36. The molecule has 1 aromatic rings. The van der Waals surface area contributed by atoms with Crippen molar-refractivity contribution in [3.05, 3.63) is 33.4 Å². The fourth-order valence-electron chi connectivity index (χ4n) is 1.91. The highest BCUT2D eigenvalue weighted by atomic mass is 127. The van der Waals surface area contributed by atoms with E-state index < -0.39 is 0 Å². The fourth-order valence-corrected chi connectivity index (χ4v) is 2.27. The van der Waals surface area contributed by atoms with Crippen LogP contribution in [0.4, 0.5) is 0 Å². The van der Waals surface area contributed by atoms with Gasteiger partial charge in [0.25, 0.3) is 0 Å². The van der Waals surface area contributed by atoms with Crippen LogP contribution in [0.2, 0.25) is 0 Å². The second-order valence-electron chi connectivity index (χ2n) is 5.09. The molecule has 16 heavy (non-hydrogen) atoms. The van der Waals surface area contributed by atoms with Gasteiger partial charge in [0.2, 0.25) is 0 Å². The van der Waals surface area contributed by atoms with Gasteiger partial charge in [0.05, 0.1) is 0 Å². The molecule has 0 N–H and O–H groups in total. The average Bonchev–Trinajstić information content (AvgIpc) is 3.04. The van der Waals surface area contributed by atoms with Gasteiger partial charge < -0.3 is 0 Å². The predicted octanol–water partition coefficient (Wildman–Crippen LogP) is 3.91. The van der Waals surface area contributed by atoms with Crippen LogP contribution in [0.5, 0.6) is 0 Å². The number of nitrogens with zero attached hydrogens (tertiary/aromatic N) is 1. The summed E-state index contributed by atoms with van der Waals surface area (Å²) in [4.78, 5) is 2.60. The summed E-state index contributed by atoms with van der Waals surface area (Å²) in [6, 6.07) is 9.56. The summed E-state index contributed by atoms with van der Waals surface area (Å²) in [6.07, 6.45) is 2.88. The van der Waals surface area contributed by atoms with E-state index in [4.69, 9.17) is 0 Å². The first kappa shape index (κ1) is 12.4. The third kappa shape index (κ3) is 3.74. The number of benzene rings is 1. The van der Waals surface area contributed by atoms with Crippen molar-refractivity contribution < 1.29 is 0 Å². The molecule has 2 rings (SSSR count). The molecular weight excluding hydrogens is 309 g/mol. The molecule has 1 aliphatic carbocycles. The first-order chi connectivity index (χ1) is 7.65. The van der Waals surface area contributed by atoms with Crippen LogP contribution in [-0.4, -0.2) is 17.5 Å². The van der Waals surface area contributed by atoms with E-state index in [0.29, 0.717) is 6.04 Å². The highest BCUT2D eigenvalue weighted by Gasteiger charge is 2.25. The molecular formula is C14H20IN. The molecule has 1 fully saturated rings. The third-order valence-corrected chi connectivity index (χ3v) is 3.94. The van der Waals surface area contributed by atoms with Gasteiger partial charge in [0, 0.05) is 22.7 Å². The minimum absolute atomic E-state index is 0.653. The molecule has 0 unspecified atom stereocenters. The average molecular weight is 329 g/mol. The molecule has 1 aliphatic rings. The number of rotatable bonds is 5. The summed E-state index contributed by atoms with van der Waals surface area (Å²) in [5.74, 6) is 0.978. The molecule has 1 nitrogen and oxygen atoms in total. The van der Waals surface area contributed by atoms with Crippen molar-refractivity contribution in [2.75, 3.05) is 6.54 Å². The first-order valence-corrected chi connectivity index (χ1v) is 7.21. The lowest BCUT2D eigenvalue weighted by atomic mass is 10.2. The van der Waals surface area contributed by atoms with Crippen LogP contribution in [0.1, 0.15) is 32.3 Å². The number of hydrogen-bond donors (Lipinski definition) is 0. The molecule has 2 heteroatoms. The lowest BCUT2D eigenvalue weighted by Crippen LogP contribution is -2.32. The van der Waals surface area contributed by atoms with E-state index in [2.05, 4.69) is 65.6 Å². The Kier molecular flexibility index (Phi) is 4.25. The second-order valence-corrected chi connectivity index (χ2v) is 6.34. The van der Waals surface area contributed by atoms with Crippen LogP contribution in [0.15, 0.2) is 24.3 Å². The summed E-state index contributed by atoms with van der Waals surface area (Å²) < 4.78 is 1.32. The zero-order chi connectivity index (χ0) is 11.5. The van der Waals surface area contributed by atoms with Crippen molar-refractivity contribution in [3.8, 4) is 0 Å². The Labute approximate surface area is 112 Å². The number of halogens is 1. The SMILES string of the molecule is CC(C)N(Cc1ccc(I)cc1)CC1CC1. The molecule has 1 aromatic carbocycles. The molecule has 0 saturated heterocycles. The van der Waals surface area contributed by atoms with Gasteiger partial charge in [-0.2, -0.15) is 0 Å². The molecule has 0 atom stereocenters. The zero-order valence-corrected chi connectivity index (χ0v) is 12.3. The van der Waals surface area contributed by atoms with Gasteiger partial charge in [0.1, 0.15) is 0 Å². The highest BCUT2D eigenvalue weighted by molar-refractivity contribution is 14.1. The van der Waals surface area contributed by atoms with Crippen LogP contribution >= 0.6 is 22.6 Å². The van der Waals surface area contributed by atoms with Gasteiger partial charge in [-0.05, 0) is 72.9 Å². The molecule has 0 amide bonds. The van der Waals surface area contributed by atoms with Crippen molar-refractivity contribution in [2.45, 2.75) is 39.3 Å². The topological polar surface area (TPSA) is 3.24 Å². The first-order valence-electron chi connectivity index (χ1n) is 6.13. The van der Waals surface area contributed by atoms with Crippen molar-refractivity contribution in [2.24, 2.45) is 5.92 Å². The summed E-state index contributed by atoms with van der Waals surface area (Å²) in [7, 11) is 0. The summed E-state index contributed by atoms with van der Waals surface area (Å²) in [5.41, 5.74) is 1.44. The molecule has 1 saturated carbocycles. The maximum Gasteiger partial charge on any atom is 0.0236 e. The van der Waals surface area contributed by atoms with Crippen molar-refractivity contribution in [3.63, 3.8) is 0 Å². The molecule has 0 radical (unpaired) electrons. The Morgan fingerprint density at radius 2 is 1.88 bits per heavy atom. The Bertz CT molecular complexity index is 327. The number of hydrogen-bond acceptors (Lipinski definition) is 1. The standard InChI is InChI=1S/C14H20IN/c1-11(2)16(9-12-3-4-12)10-13-5-7-14(15)8-6-13/h5-8,11-12H,3-4,9-10H2,1-2H3. The van der Waals surface area contributed by atoms with Crippen molar-refractivity contribution in [1.82, 2.24) is 4.90 Å². The van der Waals surface area contributed by atoms with Crippen molar-refractivity contribution in [1.29, 1.82) is 0 Å². The van der Waals surface area contributed by atoms with Gasteiger partial charge in [-0.3, -0.25) is 4.90 Å². The predicted molar refractivity (Wildman–Crippen MR) is 77.4 cm³/mol. The van der Waals surface area contributed by atoms with E-state index >= 15 is 0 Å². The van der Waals surface area contributed by atoms with Crippen LogP contribution in [0.3, 0.4) is 0 Å². The minimum Gasteiger partial charge on any atom is -0.296 e. The summed E-state index contributed by atoms with van der Waals surface area (Å²) in [6.45, 7) is 6.99. The zero-order valence-electron chi connectivity index (χ0n) is 10.1. The Morgan fingerprint density at radius 1 is 1.25 bits per heavy atom. The molecule has 0 spiro atoms. The van der Waals surface area contributed by atoms with E-state index in [-0.39, 0.29) is 0 Å². The maximum atomic E-state index is 2.60. The lowest BCUT2D eigenvalue weighted by molar-refractivity contribution is 0.204. The monoisotopic (exact) mass is 329 g/mol. The third-order valence-electron chi connectivity index (χ3n) is 3.22. The quantitative estimate of drug-likeness (QED) is 0.741. The molecule has 0 aliphatic heterocycles.